The maximum Gasteiger partial charge on any atom is 0.0632 e. The van der Waals surface area contributed by atoms with Crippen LogP contribution in [0.5, 0.6) is 0 Å². The molecule has 0 saturated heterocycles. The summed E-state index contributed by atoms with van der Waals surface area (Å²) in [6.45, 7) is 8.04. The number of thioether (sulfide) groups is 1. The van der Waals surface area contributed by atoms with E-state index in [4.69, 9.17) is 9.98 Å². The van der Waals surface area contributed by atoms with Crippen molar-refractivity contribution in [1.82, 2.24) is 0 Å². The fourth-order valence-corrected chi connectivity index (χ4v) is 3.12. The summed E-state index contributed by atoms with van der Waals surface area (Å²) in [5.41, 5.74) is 3.29. The molecule has 0 bridgehead atoms. The maximum absolute atomic E-state index is 4.73. The Hall–Kier alpha value is -1.61. The van der Waals surface area contributed by atoms with Crippen molar-refractivity contribution in [3.63, 3.8) is 0 Å². The number of hydrogen-bond donors (Lipinski definition) is 0. The zero-order valence-electron chi connectivity index (χ0n) is 12.7. The van der Waals surface area contributed by atoms with Gasteiger partial charge < -0.3 is 0 Å². The van der Waals surface area contributed by atoms with E-state index in [1.807, 2.05) is 48.2 Å². The molecule has 1 atom stereocenters. The van der Waals surface area contributed by atoms with Gasteiger partial charge >= 0.3 is 0 Å². The van der Waals surface area contributed by atoms with Crippen LogP contribution in [0.3, 0.4) is 0 Å². The number of nitrogens with zero attached hydrogens (tertiary/aromatic N) is 2. The Morgan fingerprint density at radius 3 is 2.71 bits per heavy atom. The molecule has 0 fully saturated rings. The van der Waals surface area contributed by atoms with Crippen molar-refractivity contribution in [3.05, 3.63) is 55.1 Å². The zero-order chi connectivity index (χ0) is 15.1. The first-order chi connectivity index (χ1) is 10.2. The normalized spacial score (nSPS) is 22.1. The van der Waals surface area contributed by atoms with E-state index in [1.165, 1.54) is 5.71 Å². The summed E-state index contributed by atoms with van der Waals surface area (Å²) in [4.78, 5) is 9.46. The van der Waals surface area contributed by atoms with Gasteiger partial charge in [-0.1, -0.05) is 24.3 Å². The summed E-state index contributed by atoms with van der Waals surface area (Å²) < 4.78 is 0. The van der Waals surface area contributed by atoms with Crippen LogP contribution in [0.25, 0.3) is 0 Å². The van der Waals surface area contributed by atoms with Crippen molar-refractivity contribution < 1.29 is 0 Å². The summed E-state index contributed by atoms with van der Waals surface area (Å²) >= 11 is 1.88. The van der Waals surface area contributed by atoms with Gasteiger partial charge in [0, 0.05) is 29.6 Å². The summed E-state index contributed by atoms with van der Waals surface area (Å²) in [6.07, 6.45) is 7.09. The molecule has 0 aliphatic heterocycles. The van der Waals surface area contributed by atoms with Crippen LogP contribution in [0, 0.1) is 0 Å². The predicted molar refractivity (Wildman–Crippen MR) is 96.3 cm³/mol. The topological polar surface area (TPSA) is 24.7 Å². The molecule has 1 aromatic rings. The Labute approximate surface area is 131 Å². The van der Waals surface area contributed by atoms with Gasteiger partial charge in [0.05, 0.1) is 10.9 Å². The number of hydrogen-bond acceptors (Lipinski definition) is 3. The molecule has 0 amide bonds. The quantitative estimate of drug-likeness (QED) is 0.713. The van der Waals surface area contributed by atoms with Crippen molar-refractivity contribution in [2.24, 2.45) is 9.98 Å². The molecule has 2 nitrogen and oxygen atoms in total. The minimum atomic E-state index is 0.323. The molecule has 1 aliphatic carbocycles. The van der Waals surface area contributed by atoms with Gasteiger partial charge in [-0.2, -0.15) is 0 Å². The Kier molecular flexibility index (Phi) is 6.00. The van der Waals surface area contributed by atoms with E-state index in [-0.39, 0.29) is 0 Å². The minimum absolute atomic E-state index is 0.323. The van der Waals surface area contributed by atoms with E-state index in [0.717, 1.165) is 23.6 Å². The average molecular weight is 298 g/mol. The first-order valence-corrected chi connectivity index (χ1v) is 8.35. The van der Waals surface area contributed by atoms with Crippen LogP contribution < -0.4 is 0 Å². The summed E-state index contributed by atoms with van der Waals surface area (Å²) in [6, 6.07) is 10.4. The lowest BCUT2D eigenvalue weighted by Gasteiger charge is -2.21. The van der Waals surface area contributed by atoms with E-state index in [1.54, 1.807) is 0 Å². The summed E-state index contributed by atoms with van der Waals surface area (Å²) in [5, 5.41) is 0.373. The fourth-order valence-electron chi connectivity index (χ4n) is 2.16. The number of para-hydroxylation sites is 1. The first-order valence-electron chi connectivity index (χ1n) is 7.30. The molecule has 0 spiro atoms. The number of allylic oxidation sites excluding steroid dienone is 2. The zero-order valence-corrected chi connectivity index (χ0v) is 13.5. The molecular weight excluding hydrogens is 276 g/mol. The lowest BCUT2D eigenvalue weighted by atomic mass is 10.0. The van der Waals surface area contributed by atoms with Crippen LogP contribution in [0.1, 0.15) is 20.3 Å². The molecule has 1 aliphatic rings. The van der Waals surface area contributed by atoms with E-state index < -0.39 is 0 Å². The Morgan fingerprint density at radius 2 is 2.05 bits per heavy atom. The van der Waals surface area contributed by atoms with Gasteiger partial charge in [0.25, 0.3) is 0 Å². The second-order valence-corrected chi connectivity index (χ2v) is 6.47. The van der Waals surface area contributed by atoms with Crippen LogP contribution in [0.4, 0.5) is 5.69 Å². The summed E-state index contributed by atoms with van der Waals surface area (Å²) in [7, 11) is 0. The van der Waals surface area contributed by atoms with Crippen molar-refractivity contribution in [3.8, 4) is 0 Å². The van der Waals surface area contributed by atoms with E-state index >= 15 is 0 Å². The van der Waals surface area contributed by atoms with Crippen molar-refractivity contribution >= 4 is 28.9 Å². The highest BCUT2D eigenvalue weighted by atomic mass is 32.2. The monoisotopic (exact) mass is 298 g/mol. The van der Waals surface area contributed by atoms with Crippen LogP contribution in [0.2, 0.25) is 0 Å². The maximum atomic E-state index is 4.73. The average Bonchev–Trinajstić information content (AvgIpc) is 2.48. The molecule has 0 saturated carbocycles. The number of benzene rings is 1. The first kappa shape index (κ1) is 15.8. The molecular formula is C18H22N2S. The SMILES string of the molecule is C=CCSC1CC(=Nc2ccccc2)C=CC1=NC(C)C. The molecule has 0 aromatic heterocycles. The highest BCUT2D eigenvalue weighted by Crippen LogP contribution is 2.24. The highest BCUT2D eigenvalue weighted by molar-refractivity contribution is 8.00. The molecule has 3 heteroatoms. The molecule has 2 rings (SSSR count). The largest absolute Gasteiger partial charge is 0.286 e. The van der Waals surface area contributed by atoms with E-state index in [0.29, 0.717) is 11.3 Å². The molecule has 0 radical (unpaired) electrons. The van der Waals surface area contributed by atoms with Gasteiger partial charge in [-0.25, -0.2) is 0 Å². The predicted octanol–water partition coefficient (Wildman–Crippen LogP) is 4.86. The third kappa shape index (κ3) is 5.01. The number of aliphatic imine (C=N–C) groups is 2. The smallest absolute Gasteiger partial charge is 0.0632 e. The van der Waals surface area contributed by atoms with Gasteiger partial charge in [-0.15, -0.1) is 18.3 Å². The fraction of sp³-hybridized carbons (Fsp3) is 0.333. The third-order valence-electron chi connectivity index (χ3n) is 3.02. The molecule has 1 unspecified atom stereocenters. The van der Waals surface area contributed by atoms with Crippen LogP contribution in [0.15, 0.2) is 65.1 Å². The lowest BCUT2D eigenvalue weighted by Crippen LogP contribution is -2.24. The molecule has 110 valence electrons. The van der Waals surface area contributed by atoms with Crippen LogP contribution >= 0.6 is 11.8 Å². The highest BCUT2D eigenvalue weighted by Gasteiger charge is 2.20. The molecule has 21 heavy (non-hydrogen) atoms. The van der Waals surface area contributed by atoms with E-state index in [2.05, 4.69) is 32.6 Å². The minimum Gasteiger partial charge on any atom is -0.286 e. The standard InChI is InChI=1S/C18H22N2S/c1-4-12-21-18-13-16(10-11-17(18)19-14(2)3)20-15-8-6-5-7-9-15/h4-11,14,18H,1,12-13H2,2-3H3. The second kappa shape index (κ2) is 7.99. The molecule has 0 N–H and O–H groups in total. The van der Waals surface area contributed by atoms with Crippen LogP contribution in [-0.4, -0.2) is 28.5 Å². The molecule has 1 aromatic carbocycles. The van der Waals surface area contributed by atoms with Crippen molar-refractivity contribution in [1.29, 1.82) is 0 Å². The lowest BCUT2D eigenvalue weighted by molar-refractivity contribution is 0.831. The number of rotatable bonds is 5. The van der Waals surface area contributed by atoms with Gasteiger partial charge in [-0.05, 0) is 38.1 Å². The van der Waals surface area contributed by atoms with Gasteiger partial charge in [0.2, 0.25) is 0 Å². The van der Waals surface area contributed by atoms with Gasteiger partial charge in [-0.3, -0.25) is 9.98 Å². The van der Waals surface area contributed by atoms with Crippen molar-refractivity contribution in [2.45, 2.75) is 31.6 Å². The van der Waals surface area contributed by atoms with Gasteiger partial charge in [0.1, 0.15) is 0 Å². The Balaban J connectivity index is 2.21. The Morgan fingerprint density at radius 1 is 1.29 bits per heavy atom. The van der Waals surface area contributed by atoms with Gasteiger partial charge in [0.15, 0.2) is 0 Å². The summed E-state index contributed by atoms with van der Waals surface area (Å²) in [5.74, 6) is 0.939. The third-order valence-corrected chi connectivity index (χ3v) is 4.26. The van der Waals surface area contributed by atoms with Crippen LogP contribution in [-0.2, 0) is 0 Å². The Bertz CT molecular complexity index is 556. The van der Waals surface area contributed by atoms with E-state index in [9.17, 15) is 0 Å². The van der Waals surface area contributed by atoms with Crippen molar-refractivity contribution in [2.75, 3.05) is 5.75 Å². The second-order valence-electron chi connectivity index (χ2n) is 5.23. The molecule has 0 heterocycles.